The molecule has 2 heterocycles. The molecule has 3 aliphatic rings. The van der Waals surface area contributed by atoms with E-state index in [2.05, 4.69) is 17.2 Å². The van der Waals surface area contributed by atoms with Gasteiger partial charge in [-0.2, -0.15) is 0 Å². The van der Waals surface area contributed by atoms with Gasteiger partial charge in [-0.25, -0.2) is 0 Å². The minimum absolute atomic E-state index is 0.0438. The van der Waals surface area contributed by atoms with Crippen LogP contribution >= 0.6 is 0 Å². The minimum Gasteiger partial charge on any atom is -0.493 e. The van der Waals surface area contributed by atoms with E-state index in [1.807, 2.05) is 18.3 Å². The van der Waals surface area contributed by atoms with Gasteiger partial charge in [0, 0.05) is 36.5 Å². The zero-order chi connectivity index (χ0) is 22.7. The number of hydrogen-bond acceptors (Lipinski definition) is 6. The highest BCUT2D eigenvalue weighted by atomic mass is 16.5. The van der Waals surface area contributed by atoms with Gasteiger partial charge in [-0.05, 0) is 61.9 Å². The van der Waals surface area contributed by atoms with Crippen molar-refractivity contribution in [3.8, 4) is 5.75 Å². The summed E-state index contributed by atoms with van der Waals surface area (Å²) in [4.78, 5) is 25.8. The highest BCUT2D eigenvalue weighted by Gasteiger charge is 2.29. The Labute approximate surface area is 187 Å². The molecule has 1 aromatic carbocycles. The summed E-state index contributed by atoms with van der Waals surface area (Å²) >= 11 is 0. The lowest BCUT2D eigenvalue weighted by Crippen LogP contribution is -2.39. The maximum Gasteiger partial charge on any atom is 0.254 e. The summed E-state index contributed by atoms with van der Waals surface area (Å²) in [6.45, 7) is 5.57. The summed E-state index contributed by atoms with van der Waals surface area (Å²) in [6, 6.07) is 7.16. The highest BCUT2D eigenvalue weighted by molar-refractivity contribution is 6.26. The molecule has 8 heteroatoms. The van der Waals surface area contributed by atoms with Gasteiger partial charge in [0.15, 0.2) is 0 Å². The number of carbonyl (C=O) groups excluding carboxylic acids is 2. The fourth-order valence-corrected chi connectivity index (χ4v) is 3.99. The number of rotatable bonds is 8. The van der Waals surface area contributed by atoms with Crippen LogP contribution < -0.4 is 21.1 Å². The van der Waals surface area contributed by atoms with E-state index in [-0.39, 0.29) is 23.1 Å². The molecule has 0 aromatic heterocycles. The molecule has 2 fully saturated rings. The molecule has 32 heavy (non-hydrogen) atoms. The lowest BCUT2D eigenvalue weighted by Gasteiger charge is -2.31. The zero-order valence-electron chi connectivity index (χ0n) is 18.0. The molecule has 0 atom stereocenters. The fraction of sp³-hybridized carbons (Fsp3) is 0.375. The lowest BCUT2D eigenvalue weighted by molar-refractivity contribution is -0.127. The third kappa shape index (κ3) is 4.85. The molecule has 0 radical (unpaired) electrons. The number of nitrogens with zero attached hydrogens (tertiary/aromatic N) is 1. The van der Waals surface area contributed by atoms with Crippen LogP contribution in [0.25, 0.3) is 0 Å². The first kappa shape index (κ1) is 21.7. The van der Waals surface area contributed by atoms with Crippen LogP contribution in [0.1, 0.15) is 31.2 Å². The van der Waals surface area contributed by atoms with E-state index in [9.17, 15) is 9.59 Å². The van der Waals surface area contributed by atoms with Crippen LogP contribution in [-0.4, -0.2) is 42.1 Å². The van der Waals surface area contributed by atoms with Crippen LogP contribution in [0.3, 0.4) is 0 Å². The Balaban J connectivity index is 1.41. The van der Waals surface area contributed by atoms with Crippen molar-refractivity contribution in [2.45, 2.75) is 25.7 Å². The van der Waals surface area contributed by atoms with Crippen LogP contribution in [-0.2, 0) is 9.59 Å². The van der Waals surface area contributed by atoms with Gasteiger partial charge in [0.25, 0.3) is 5.91 Å². The topological polar surface area (TPSA) is 121 Å². The molecule has 0 spiro atoms. The Morgan fingerprint density at radius 1 is 1.19 bits per heavy atom. The number of allylic oxidation sites excluding steroid dienone is 1. The largest absolute Gasteiger partial charge is 0.493 e. The molecule has 2 amide bonds. The van der Waals surface area contributed by atoms with Gasteiger partial charge in [-0.1, -0.05) is 6.58 Å². The molecule has 4 rings (SSSR count). The maximum absolute atomic E-state index is 12.2. The van der Waals surface area contributed by atoms with Gasteiger partial charge in [-0.3, -0.25) is 15.0 Å². The van der Waals surface area contributed by atoms with Crippen molar-refractivity contribution in [3.63, 3.8) is 0 Å². The number of primary amides is 1. The highest BCUT2D eigenvalue weighted by Crippen LogP contribution is 2.30. The lowest BCUT2D eigenvalue weighted by atomic mass is 9.93. The van der Waals surface area contributed by atoms with Crippen molar-refractivity contribution in [1.29, 1.82) is 5.41 Å². The Morgan fingerprint density at radius 2 is 1.88 bits per heavy atom. The third-order valence-electron chi connectivity index (χ3n) is 6.13. The Kier molecular flexibility index (Phi) is 6.30. The van der Waals surface area contributed by atoms with Gasteiger partial charge >= 0.3 is 0 Å². The summed E-state index contributed by atoms with van der Waals surface area (Å²) in [6.07, 6.45) is 7.21. The Hall–Kier alpha value is -3.55. The van der Waals surface area contributed by atoms with Gasteiger partial charge in [0.05, 0.1) is 12.3 Å². The molecule has 1 aromatic rings. The third-order valence-corrected chi connectivity index (χ3v) is 6.13. The first-order valence-corrected chi connectivity index (χ1v) is 11.0. The summed E-state index contributed by atoms with van der Waals surface area (Å²) in [5.74, 6) is 1.32. The van der Waals surface area contributed by atoms with Crippen LogP contribution in [0.15, 0.2) is 60.2 Å². The minimum atomic E-state index is -0.680. The number of nitrogens with one attached hydrogen (secondary N) is 3. The van der Waals surface area contributed by atoms with E-state index in [1.54, 1.807) is 17.0 Å². The molecule has 1 aliphatic carbocycles. The van der Waals surface area contributed by atoms with Crippen molar-refractivity contribution in [2.75, 3.05) is 19.7 Å². The number of amides is 2. The Morgan fingerprint density at radius 3 is 2.47 bits per heavy atom. The van der Waals surface area contributed by atoms with Crippen molar-refractivity contribution in [3.05, 3.63) is 65.8 Å². The smallest absolute Gasteiger partial charge is 0.254 e. The molecule has 8 nitrogen and oxygen atoms in total. The average Bonchev–Trinajstić information content (AvgIpc) is 3.53. The van der Waals surface area contributed by atoms with Crippen molar-refractivity contribution in [2.24, 2.45) is 17.6 Å². The van der Waals surface area contributed by atoms with Gasteiger partial charge in [0.2, 0.25) is 5.91 Å². The second-order valence-electron chi connectivity index (χ2n) is 8.44. The van der Waals surface area contributed by atoms with Crippen molar-refractivity contribution < 1.29 is 14.3 Å². The van der Waals surface area contributed by atoms with Crippen molar-refractivity contribution in [1.82, 2.24) is 15.5 Å². The normalized spacial score (nSPS) is 20.0. The number of benzene rings is 1. The summed E-state index contributed by atoms with van der Waals surface area (Å²) in [5, 5.41) is 14.9. The number of likely N-dealkylation sites (tertiary alicyclic amines) is 1. The van der Waals surface area contributed by atoms with Crippen LogP contribution in [0.4, 0.5) is 0 Å². The first-order valence-electron chi connectivity index (χ1n) is 11.0. The summed E-state index contributed by atoms with van der Waals surface area (Å²) in [5.41, 5.74) is 7.30. The monoisotopic (exact) mass is 435 g/mol. The van der Waals surface area contributed by atoms with Gasteiger partial charge < -0.3 is 26.0 Å². The quantitative estimate of drug-likeness (QED) is 0.368. The number of piperidine rings is 1. The average molecular weight is 436 g/mol. The first-order chi connectivity index (χ1) is 15.5. The van der Waals surface area contributed by atoms with E-state index < -0.39 is 5.91 Å². The molecule has 168 valence electrons. The predicted octanol–water partition coefficient (Wildman–Crippen LogP) is 2.00. The Bertz CT molecular complexity index is 983. The molecule has 0 bridgehead atoms. The van der Waals surface area contributed by atoms with E-state index >= 15 is 0 Å². The van der Waals surface area contributed by atoms with Crippen LogP contribution in [0.5, 0.6) is 5.75 Å². The predicted molar refractivity (Wildman–Crippen MR) is 122 cm³/mol. The molecule has 1 saturated carbocycles. The molecular weight excluding hydrogens is 406 g/mol. The molecule has 0 unspecified atom stereocenters. The standard InChI is InChI=1S/C24H29N5O3/c1-2-20(30)29-11-9-16(10-12-29)19-13-27-24(28-19)21(23(26)31)22(25)17-5-7-18(8-6-17)32-14-15-3-4-15/h2,5-8,13,15-16,25,27-28H,1,3-4,9-12,14H2,(H2,26,31)/b24-21+,25-22?. The number of hydrogen-bond donors (Lipinski definition) is 4. The van der Waals surface area contributed by atoms with Crippen LogP contribution in [0, 0.1) is 17.2 Å². The second-order valence-corrected chi connectivity index (χ2v) is 8.44. The molecule has 5 N–H and O–H groups in total. The number of nitrogens with two attached hydrogens (primary N) is 1. The van der Waals surface area contributed by atoms with E-state index in [0.717, 1.165) is 30.9 Å². The number of carbonyl (C=O) groups is 2. The fourth-order valence-electron chi connectivity index (χ4n) is 3.99. The van der Waals surface area contributed by atoms with Crippen LogP contribution in [0.2, 0.25) is 0 Å². The van der Waals surface area contributed by atoms with E-state index in [0.29, 0.717) is 30.4 Å². The summed E-state index contributed by atoms with van der Waals surface area (Å²) in [7, 11) is 0. The van der Waals surface area contributed by atoms with Gasteiger partial charge in [-0.15, -0.1) is 0 Å². The number of ether oxygens (including phenoxy) is 1. The molecule has 2 aliphatic heterocycles. The second kappa shape index (κ2) is 9.30. The zero-order valence-corrected chi connectivity index (χ0v) is 18.0. The summed E-state index contributed by atoms with van der Waals surface area (Å²) < 4.78 is 5.75. The molecule has 1 saturated heterocycles. The van der Waals surface area contributed by atoms with Crippen molar-refractivity contribution >= 4 is 17.5 Å². The van der Waals surface area contributed by atoms with E-state index in [1.165, 1.54) is 18.9 Å². The molecular formula is C24H29N5O3. The maximum atomic E-state index is 12.2. The van der Waals surface area contributed by atoms with Gasteiger partial charge in [0.1, 0.15) is 17.1 Å². The SMILES string of the molecule is C=CC(=O)N1CCC(C2=CN/C(=C(/C(=N)c3ccc(OCC4CC4)cc3)C(N)=O)N2)CC1. The van der Waals surface area contributed by atoms with E-state index in [4.69, 9.17) is 15.9 Å².